The van der Waals surface area contributed by atoms with Crippen LogP contribution in [0.2, 0.25) is 0 Å². The molecule has 3 heteroatoms. The number of Topliss-reactive ketones (excluding diaryl/α,β-unsaturated/α-hetero) is 1. The van der Waals surface area contributed by atoms with Gasteiger partial charge in [0.25, 0.3) is 0 Å². The van der Waals surface area contributed by atoms with Gasteiger partial charge in [0, 0.05) is 0 Å². The summed E-state index contributed by atoms with van der Waals surface area (Å²) in [6.45, 7) is 1.44. The molecule has 3 nitrogen and oxygen atoms in total. The zero-order chi connectivity index (χ0) is 10.4. The molecule has 1 unspecified atom stereocenters. The van der Waals surface area contributed by atoms with Crippen molar-refractivity contribution >= 4 is 5.78 Å². The van der Waals surface area contributed by atoms with Gasteiger partial charge in [-0.15, -0.1) is 0 Å². The van der Waals surface area contributed by atoms with E-state index in [0.717, 1.165) is 0 Å². The summed E-state index contributed by atoms with van der Waals surface area (Å²) in [6, 6.07) is 10.9. The number of nitrogens with zero attached hydrogens (tertiary/aromatic N) is 1. The van der Waals surface area contributed by atoms with Crippen LogP contribution in [0, 0.1) is 11.3 Å². The van der Waals surface area contributed by atoms with Crippen LogP contribution in [-0.2, 0) is 4.79 Å². The molecule has 0 fully saturated rings. The van der Waals surface area contributed by atoms with Crippen molar-refractivity contribution in [3.8, 4) is 11.8 Å². The number of hydrogen-bond acceptors (Lipinski definition) is 3. The monoisotopic (exact) mass is 189 g/mol. The fraction of sp³-hybridized carbons (Fsp3) is 0.273. The standard InChI is InChI=1S/C11H11NO2/c1-9(13)7-11(8-12)14-10-5-3-2-4-6-10/h2-6,11H,7H2,1H3. The summed E-state index contributed by atoms with van der Waals surface area (Å²) in [7, 11) is 0. The quantitative estimate of drug-likeness (QED) is 0.727. The van der Waals surface area contributed by atoms with E-state index in [0.29, 0.717) is 5.75 Å². The molecule has 0 aliphatic heterocycles. The molecule has 0 saturated heterocycles. The Bertz CT molecular complexity index is 340. The molecule has 1 aromatic carbocycles. The molecule has 72 valence electrons. The lowest BCUT2D eigenvalue weighted by molar-refractivity contribution is -0.118. The average Bonchev–Trinajstić information content (AvgIpc) is 2.17. The lowest BCUT2D eigenvalue weighted by Gasteiger charge is -2.09. The first kappa shape index (κ1) is 10.3. The zero-order valence-corrected chi connectivity index (χ0v) is 7.93. The SMILES string of the molecule is CC(=O)CC(C#N)Oc1ccccc1. The molecular formula is C11H11NO2. The van der Waals surface area contributed by atoms with Crippen molar-refractivity contribution < 1.29 is 9.53 Å². The van der Waals surface area contributed by atoms with Crippen molar-refractivity contribution in [2.45, 2.75) is 19.4 Å². The van der Waals surface area contributed by atoms with E-state index < -0.39 is 6.10 Å². The van der Waals surface area contributed by atoms with Gasteiger partial charge in [0.15, 0.2) is 6.10 Å². The summed E-state index contributed by atoms with van der Waals surface area (Å²) in [6.07, 6.45) is -0.555. The molecule has 0 aromatic heterocycles. The van der Waals surface area contributed by atoms with Gasteiger partial charge in [-0.3, -0.25) is 4.79 Å². The summed E-state index contributed by atoms with van der Waals surface area (Å²) in [4.78, 5) is 10.8. The van der Waals surface area contributed by atoms with Crippen LogP contribution < -0.4 is 4.74 Å². The van der Waals surface area contributed by atoms with Gasteiger partial charge in [0.2, 0.25) is 0 Å². The van der Waals surface area contributed by atoms with Gasteiger partial charge < -0.3 is 4.74 Å². The molecule has 0 spiro atoms. The van der Waals surface area contributed by atoms with E-state index >= 15 is 0 Å². The van der Waals surface area contributed by atoms with Crippen LogP contribution in [0.5, 0.6) is 5.75 Å². The van der Waals surface area contributed by atoms with Crippen LogP contribution in [0.15, 0.2) is 30.3 Å². The molecule has 1 rings (SSSR count). The van der Waals surface area contributed by atoms with E-state index in [2.05, 4.69) is 0 Å². The molecule has 0 aliphatic rings. The highest BCUT2D eigenvalue weighted by molar-refractivity contribution is 5.76. The minimum atomic E-state index is -0.685. The number of carbonyl (C=O) groups is 1. The van der Waals surface area contributed by atoms with Crippen LogP contribution in [0.25, 0.3) is 0 Å². The maximum absolute atomic E-state index is 10.8. The fourth-order valence-electron chi connectivity index (χ4n) is 1.04. The van der Waals surface area contributed by atoms with Crippen molar-refractivity contribution in [3.63, 3.8) is 0 Å². The molecule has 14 heavy (non-hydrogen) atoms. The molecule has 0 bridgehead atoms. The maximum atomic E-state index is 10.8. The first-order valence-corrected chi connectivity index (χ1v) is 4.33. The predicted octanol–water partition coefficient (Wildman–Crippen LogP) is 1.94. The number of benzene rings is 1. The van der Waals surface area contributed by atoms with Gasteiger partial charge >= 0.3 is 0 Å². The fourth-order valence-corrected chi connectivity index (χ4v) is 1.04. The predicted molar refractivity (Wildman–Crippen MR) is 51.8 cm³/mol. The Morgan fingerprint density at radius 3 is 2.64 bits per heavy atom. The lowest BCUT2D eigenvalue weighted by atomic mass is 10.2. The number of nitriles is 1. The highest BCUT2D eigenvalue weighted by atomic mass is 16.5. The Hall–Kier alpha value is -1.82. The van der Waals surface area contributed by atoms with Crippen molar-refractivity contribution in [1.29, 1.82) is 5.26 Å². The van der Waals surface area contributed by atoms with Crippen molar-refractivity contribution in [1.82, 2.24) is 0 Å². The van der Waals surface area contributed by atoms with E-state index in [4.69, 9.17) is 10.00 Å². The maximum Gasteiger partial charge on any atom is 0.191 e. The molecule has 0 aliphatic carbocycles. The average molecular weight is 189 g/mol. The minimum absolute atomic E-state index is 0.0486. The van der Waals surface area contributed by atoms with Gasteiger partial charge in [-0.1, -0.05) is 18.2 Å². The molecule has 0 radical (unpaired) electrons. The van der Waals surface area contributed by atoms with Gasteiger partial charge in [-0.2, -0.15) is 5.26 Å². The largest absolute Gasteiger partial charge is 0.475 e. The van der Waals surface area contributed by atoms with Gasteiger partial charge in [0.05, 0.1) is 6.42 Å². The summed E-state index contributed by atoms with van der Waals surface area (Å²) in [5, 5.41) is 8.71. The topological polar surface area (TPSA) is 50.1 Å². The van der Waals surface area contributed by atoms with Crippen molar-refractivity contribution in [2.24, 2.45) is 0 Å². The number of rotatable bonds is 4. The third-order valence-corrected chi connectivity index (χ3v) is 1.64. The number of para-hydroxylation sites is 1. The minimum Gasteiger partial charge on any atom is -0.475 e. The van der Waals surface area contributed by atoms with E-state index in [1.165, 1.54) is 6.92 Å². The van der Waals surface area contributed by atoms with E-state index in [-0.39, 0.29) is 12.2 Å². The Labute approximate surface area is 82.9 Å². The van der Waals surface area contributed by atoms with Crippen LogP contribution in [0.3, 0.4) is 0 Å². The van der Waals surface area contributed by atoms with Crippen LogP contribution in [0.4, 0.5) is 0 Å². The third-order valence-electron chi connectivity index (χ3n) is 1.64. The van der Waals surface area contributed by atoms with Crippen LogP contribution in [-0.4, -0.2) is 11.9 Å². The summed E-state index contributed by atoms with van der Waals surface area (Å²) >= 11 is 0. The molecule has 1 atom stereocenters. The van der Waals surface area contributed by atoms with Crippen LogP contribution in [0.1, 0.15) is 13.3 Å². The first-order chi connectivity index (χ1) is 6.72. The van der Waals surface area contributed by atoms with E-state index in [1.54, 1.807) is 12.1 Å². The second-order valence-corrected chi connectivity index (χ2v) is 2.95. The Morgan fingerprint density at radius 1 is 1.50 bits per heavy atom. The summed E-state index contributed by atoms with van der Waals surface area (Å²) < 4.78 is 5.29. The molecular weight excluding hydrogens is 178 g/mol. The zero-order valence-electron chi connectivity index (χ0n) is 7.93. The first-order valence-electron chi connectivity index (χ1n) is 4.33. The second kappa shape index (κ2) is 5.03. The molecule has 1 aromatic rings. The molecule has 0 saturated carbocycles. The third kappa shape index (κ3) is 3.28. The Kier molecular flexibility index (Phi) is 3.69. The normalized spacial score (nSPS) is 11.4. The smallest absolute Gasteiger partial charge is 0.191 e. The Morgan fingerprint density at radius 2 is 2.14 bits per heavy atom. The van der Waals surface area contributed by atoms with Crippen molar-refractivity contribution in [3.05, 3.63) is 30.3 Å². The lowest BCUT2D eigenvalue weighted by Crippen LogP contribution is -2.17. The van der Waals surface area contributed by atoms with E-state index in [9.17, 15) is 4.79 Å². The molecule has 0 heterocycles. The Balaban J connectivity index is 2.58. The van der Waals surface area contributed by atoms with Crippen molar-refractivity contribution in [2.75, 3.05) is 0 Å². The molecule has 0 amide bonds. The number of carbonyl (C=O) groups excluding carboxylic acids is 1. The summed E-state index contributed by atoms with van der Waals surface area (Å²) in [5.74, 6) is 0.563. The second-order valence-electron chi connectivity index (χ2n) is 2.95. The van der Waals surface area contributed by atoms with Gasteiger partial charge in [-0.25, -0.2) is 0 Å². The number of ketones is 1. The number of ether oxygens (including phenoxy) is 1. The highest BCUT2D eigenvalue weighted by Gasteiger charge is 2.11. The highest BCUT2D eigenvalue weighted by Crippen LogP contribution is 2.12. The van der Waals surface area contributed by atoms with Gasteiger partial charge in [-0.05, 0) is 19.1 Å². The van der Waals surface area contributed by atoms with Crippen LogP contribution >= 0.6 is 0 Å². The summed E-state index contributed by atoms with van der Waals surface area (Å²) in [5.41, 5.74) is 0. The molecule has 0 N–H and O–H groups in total. The van der Waals surface area contributed by atoms with E-state index in [1.807, 2.05) is 24.3 Å². The number of hydrogen-bond donors (Lipinski definition) is 0. The van der Waals surface area contributed by atoms with Gasteiger partial charge in [0.1, 0.15) is 17.6 Å².